The lowest BCUT2D eigenvalue weighted by atomic mass is 9.75. The third kappa shape index (κ3) is 11.0. The molecule has 248 valence electrons. The predicted octanol–water partition coefficient (Wildman–Crippen LogP) is 2.74. The first-order valence-electron chi connectivity index (χ1n) is 15.1. The Morgan fingerprint density at radius 1 is 1.18 bits per heavy atom. The fraction of sp³-hybridized carbons (Fsp3) is 0.586. The highest BCUT2D eigenvalue weighted by Crippen LogP contribution is 2.35. The minimum Gasteiger partial charge on any atom is -0.369 e. The summed E-state index contributed by atoms with van der Waals surface area (Å²) in [5.41, 5.74) is 5.80. The molecule has 0 saturated heterocycles. The van der Waals surface area contributed by atoms with Gasteiger partial charge in [0.25, 0.3) is 10.0 Å². The molecule has 0 bridgehead atoms. The number of anilines is 1. The molecule has 2 aromatic heterocycles. The summed E-state index contributed by atoms with van der Waals surface area (Å²) in [6, 6.07) is 2.64. The van der Waals surface area contributed by atoms with E-state index in [1.54, 1.807) is 17.6 Å². The molecule has 1 aliphatic carbocycles. The minimum absolute atomic E-state index is 0.0569. The van der Waals surface area contributed by atoms with Crippen molar-refractivity contribution in [2.75, 3.05) is 11.9 Å². The number of carbonyl (C=O) groups is 3. The summed E-state index contributed by atoms with van der Waals surface area (Å²) in [4.78, 5) is 50.8. The first-order valence-corrected chi connectivity index (χ1v) is 17.4. The predicted molar refractivity (Wildman–Crippen MR) is 171 cm³/mol. The molecule has 6 N–H and O–H groups in total. The van der Waals surface area contributed by atoms with Crippen LogP contribution in [0.4, 0.5) is 5.13 Å². The quantitative estimate of drug-likeness (QED) is 0.0446. The molecule has 0 spiro atoms. The first kappa shape index (κ1) is 35.8. The highest BCUT2D eigenvalue weighted by atomic mass is 32.2. The van der Waals surface area contributed by atoms with Crippen molar-refractivity contribution in [1.82, 2.24) is 25.1 Å². The lowest BCUT2D eigenvalue weighted by molar-refractivity contribution is -0.174. The number of pyridine rings is 1. The molecule has 0 unspecified atom stereocenters. The number of thiazole rings is 1. The van der Waals surface area contributed by atoms with Gasteiger partial charge in [0.15, 0.2) is 10.2 Å². The summed E-state index contributed by atoms with van der Waals surface area (Å²) in [6.45, 7) is 5.93. The van der Waals surface area contributed by atoms with Gasteiger partial charge in [0.2, 0.25) is 24.2 Å². The summed E-state index contributed by atoms with van der Waals surface area (Å²) in [6.07, 6.45) is 8.04. The summed E-state index contributed by atoms with van der Waals surface area (Å²) in [5, 5.41) is 18.5. The van der Waals surface area contributed by atoms with Gasteiger partial charge in [-0.25, -0.2) is 19.8 Å². The number of rotatable bonds is 16. The smallest absolute Gasteiger partial charge is 0.281 e. The number of nitrogens with two attached hydrogens (primary N) is 1. The molecular formula is C29H44N8O6S2. The molecular weight excluding hydrogens is 621 g/mol. The summed E-state index contributed by atoms with van der Waals surface area (Å²) in [5.74, 6) is -1.43. The number of nitrogens with zero attached hydrogens (tertiary/aromatic N) is 4. The Hall–Kier alpha value is -3.63. The number of guanidine groups is 1. The van der Waals surface area contributed by atoms with E-state index in [0.29, 0.717) is 28.9 Å². The van der Waals surface area contributed by atoms with Crippen molar-refractivity contribution in [2.45, 2.75) is 82.8 Å². The maximum atomic E-state index is 13.9. The van der Waals surface area contributed by atoms with Gasteiger partial charge >= 0.3 is 0 Å². The SMILES string of the molecule is CC1CCC(C[C@@H](C(=O)N[C@@H](CCCN=C(N)NS(=O)(=O)c2ccccn2)C(=O)Nc2nccs2)[C@H](C(C)C)N(O)C=O)CC1. The maximum Gasteiger partial charge on any atom is 0.281 e. The second-order valence-electron chi connectivity index (χ2n) is 11.8. The highest BCUT2D eigenvalue weighted by Gasteiger charge is 2.38. The van der Waals surface area contributed by atoms with Crippen LogP contribution in [0.25, 0.3) is 0 Å². The molecule has 14 nitrogen and oxygen atoms in total. The van der Waals surface area contributed by atoms with E-state index < -0.39 is 39.8 Å². The number of carbonyl (C=O) groups excluding carboxylic acids is 3. The van der Waals surface area contributed by atoms with E-state index in [1.807, 2.05) is 13.8 Å². The number of amides is 3. The molecule has 1 aliphatic rings. The Morgan fingerprint density at radius 3 is 2.51 bits per heavy atom. The zero-order valence-electron chi connectivity index (χ0n) is 25.8. The fourth-order valence-corrected chi connectivity index (χ4v) is 7.03. The number of aliphatic imine (C=N–C) groups is 1. The zero-order valence-corrected chi connectivity index (χ0v) is 27.5. The molecule has 16 heteroatoms. The van der Waals surface area contributed by atoms with Crippen LogP contribution in [0.2, 0.25) is 0 Å². The van der Waals surface area contributed by atoms with Crippen molar-refractivity contribution in [3.8, 4) is 0 Å². The Morgan fingerprint density at radius 2 is 1.91 bits per heavy atom. The Labute approximate surface area is 268 Å². The highest BCUT2D eigenvalue weighted by molar-refractivity contribution is 7.90. The van der Waals surface area contributed by atoms with Crippen LogP contribution in [0, 0.1) is 23.7 Å². The van der Waals surface area contributed by atoms with E-state index in [2.05, 4.69) is 37.2 Å². The van der Waals surface area contributed by atoms with Crippen LogP contribution >= 0.6 is 11.3 Å². The van der Waals surface area contributed by atoms with E-state index in [-0.39, 0.29) is 42.2 Å². The Kier molecular flexibility index (Phi) is 13.7. The normalized spacial score (nSPS) is 19.3. The third-order valence-corrected chi connectivity index (χ3v) is 9.91. The molecule has 2 heterocycles. The van der Waals surface area contributed by atoms with Gasteiger partial charge in [-0.2, -0.15) is 8.42 Å². The Balaban J connectivity index is 1.74. The molecule has 2 aromatic rings. The van der Waals surface area contributed by atoms with E-state index in [4.69, 9.17) is 5.73 Å². The summed E-state index contributed by atoms with van der Waals surface area (Å²) >= 11 is 1.23. The maximum absolute atomic E-state index is 13.9. The van der Waals surface area contributed by atoms with Crippen LogP contribution in [0.3, 0.4) is 0 Å². The van der Waals surface area contributed by atoms with Crippen LogP contribution in [0.5, 0.6) is 0 Å². The third-order valence-electron chi connectivity index (χ3n) is 7.95. The molecule has 3 atom stereocenters. The molecule has 3 rings (SSSR count). The number of hydrogen-bond acceptors (Lipinski definition) is 10. The van der Waals surface area contributed by atoms with Crippen molar-refractivity contribution in [2.24, 2.45) is 34.4 Å². The van der Waals surface area contributed by atoms with Crippen LogP contribution in [0.1, 0.15) is 65.7 Å². The van der Waals surface area contributed by atoms with Gasteiger partial charge in [-0.15, -0.1) is 11.3 Å². The van der Waals surface area contributed by atoms with Gasteiger partial charge in [-0.05, 0) is 49.1 Å². The summed E-state index contributed by atoms with van der Waals surface area (Å²) < 4.78 is 27.1. The van der Waals surface area contributed by atoms with Crippen LogP contribution in [0.15, 0.2) is 46.0 Å². The molecule has 3 amide bonds. The van der Waals surface area contributed by atoms with Crippen molar-refractivity contribution in [1.29, 1.82) is 0 Å². The van der Waals surface area contributed by atoms with Crippen molar-refractivity contribution in [3.63, 3.8) is 0 Å². The van der Waals surface area contributed by atoms with E-state index in [1.165, 1.54) is 29.7 Å². The largest absolute Gasteiger partial charge is 0.369 e. The van der Waals surface area contributed by atoms with Crippen molar-refractivity contribution in [3.05, 3.63) is 36.0 Å². The topological polar surface area (TPSA) is 209 Å². The van der Waals surface area contributed by atoms with Crippen molar-refractivity contribution >= 4 is 50.7 Å². The number of hydroxylamine groups is 2. The average Bonchev–Trinajstić information content (AvgIpc) is 3.52. The molecule has 1 saturated carbocycles. The van der Waals surface area contributed by atoms with Gasteiger partial charge in [0, 0.05) is 24.3 Å². The van der Waals surface area contributed by atoms with Crippen LogP contribution in [-0.2, 0) is 24.4 Å². The molecule has 1 fully saturated rings. The summed E-state index contributed by atoms with van der Waals surface area (Å²) in [7, 11) is -4.01. The molecule has 0 aliphatic heterocycles. The number of aromatic nitrogens is 2. The van der Waals surface area contributed by atoms with E-state index in [0.717, 1.165) is 25.7 Å². The second kappa shape index (κ2) is 17.2. The Bertz CT molecular complexity index is 1370. The zero-order chi connectivity index (χ0) is 33.0. The number of sulfonamides is 1. The molecule has 0 radical (unpaired) electrons. The van der Waals surface area contributed by atoms with Crippen LogP contribution in [-0.4, -0.2) is 71.5 Å². The number of hydrogen-bond donors (Lipinski definition) is 5. The second-order valence-corrected chi connectivity index (χ2v) is 14.3. The van der Waals surface area contributed by atoms with Crippen LogP contribution < -0.4 is 21.1 Å². The monoisotopic (exact) mass is 664 g/mol. The average molecular weight is 665 g/mol. The molecule has 45 heavy (non-hydrogen) atoms. The molecule has 0 aromatic carbocycles. The van der Waals surface area contributed by atoms with Gasteiger partial charge in [0.05, 0.1) is 12.0 Å². The van der Waals surface area contributed by atoms with Gasteiger partial charge in [0.1, 0.15) is 6.04 Å². The van der Waals surface area contributed by atoms with Gasteiger partial charge in [-0.3, -0.25) is 24.6 Å². The standard InChI is InChI=1S/C29H44N8O6S2/c1-19(2)25(37(41)18-38)22(17-21-11-9-20(3)10-12-21)26(39)34-23(27(40)35-29-33-15-16-44-29)7-6-14-32-28(30)36-45(42,43)24-8-4-5-13-31-24/h4-5,8,13,15-16,18-23,25,41H,6-7,9-12,14,17H2,1-3H3,(H,34,39)(H3,30,32,36)(H,33,35,40)/t20?,21?,22-,23+,25+/m1/s1. The van der Waals surface area contributed by atoms with Gasteiger partial charge in [-0.1, -0.05) is 52.5 Å². The van der Waals surface area contributed by atoms with Crippen molar-refractivity contribution < 1.29 is 28.0 Å². The minimum atomic E-state index is -4.01. The number of nitrogens with one attached hydrogen (secondary N) is 3. The lowest BCUT2D eigenvalue weighted by Gasteiger charge is -2.37. The van der Waals surface area contributed by atoms with E-state index in [9.17, 15) is 28.0 Å². The van der Waals surface area contributed by atoms with E-state index >= 15 is 0 Å². The fourth-order valence-electron chi connectivity index (χ4n) is 5.60. The van der Waals surface area contributed by atoms with Gasteiger partial charge < -0.3 is 16.4 Å². The lowest BCUT2D eigenvalue weighted by Crippen LogP contribution is -2.53. The first-order chi connectivity index (χ1) is 21.4.